The summed E-state index contributed by atoms with van der Waals surface area (Å²) in [5.41, 5.74) is 1.48. The summed E-state index contributed by atoms with van der Waals surface area (Å²) in [6.07, 6.45) is 0.200. The number of ether oxygens (including phenoxy) is 1. The van der Waals surface area contributed by atoms with Crippen molar-refractivity contribution >= 4 is 29.1 Å². The van der Waals surface area contributed by atoms with Crippen molar-refractivity contribution in [3.05, 3.63) is 59.1 Å². The second kappa shape index (κ2) is 7.57. The van der Waals surface area contributed by atoms with Gasteiger partial charge in [-0.1, -0.05) is 41.9 Å². The fourth-order valence-electron chi connectivity index (χ4n) is 2.94. The number of anilines is 1. The number of carbonyl (C=O) groups excluding carboxylic acids is 2. The molecule has 1 aliphatic heterocycles. The summed E-state index contributed by atoms with van der Waals surface area (Å²) in [4.78, 5) is 26.4. The van der Waals surface area contributed by atoms with Gasteiger partial charge in [0.2, 0.25) is 11.8 Å². The zero-order chi connectivity index (χ0) is 17.8. The maximum atomic E-state index is 12.5. The first-order valence-electron chi connectivity index (χ1n) is 8.03. The van der Waals surface area contributed by atoms with Gasteiger partial charge in [0.1, 0.15) is 5.75 Å². The van der Waals surface area contributed by atoms with E-state index in [1.54, 1.807) is 36.3 Å². The summed E-state index contributed by atoms with van der Waals surface area (Å²) in [6.45, 7) is 0.811. The van der Waals surface area contributed by atoms with Crippen LogP contribution in [-0.2, 0) is 16.1 Å². The molecular formula is C19H19ClN2O3. The van der Waals surface area contributed by atoms with Gasteiger partial charge in [-0.3, -0.25) is 9.59 Å². The predicted molar refractivity (Wildman–Crippen MR) is 96.6 cm³/mol. The summed E-state index contributed by atoms with van der Waals surface area (Å²) in [5, 5.41) is 3.28. The highest BCUT2D eigenvalue weighted by atomic mass is 35.5. The van der Waals surface area contributed by atoms with E-state index in [0.29, 0.717) is 23.8 Å². The van der Waals surface area contributed by atoms with Crippen LogP contribution in [0.4, 0.5) is 5.69 Å². The van der Waals surface area contributed by atoms with Gasteiger partial charge in [0.05, 0.1) is 23.7 Å². The Morgan fingerprint density at radius 1 is 1.24 bits per heavy atom. The zero-order valence-corrected chi connectivity index (χ0v) is 14.6. The van der Waals surface area contributed by atoms with Gasteiger partial charge < -0.3 is 15.0 Å². The number of halogens is 1. The van der Waals surface area contributed by atoms with Crippen LogP contribution in [-0.4, -0.2) is 30.4 Å². The van der Waals surface area contributed by atoms with E-state index in [2.05, 4.69) is 5.32 Å². The molecule has 0 radical (unpaired) electrons. The van der Waals surface area contributed by atoms with E-state index < -0.39 is 5.92 Å². The molecule has 3 rings (SSSR count). The summed E-state index contributed by atoms with van der Waals surface area (Å²) in [5.74, 6) is 0.118. The van der Waals surface area contributed by atoms with E-state index in [9.17, 15) is 9.59 Å². The van der Waals surface area contributed by atoms with Crippen LogP contribution >= 0.6 is 11.6 Å². The molecule has 0 spiro atoms. The third-order valence-corrected chi connectivity index (χ3v) is 4.60. The van der Waals surface area contributed by atoms with Crippen molar-refractivity contribution in [2.75, 3.05) is 19.0 Å². The average Bonchev–Trinajstić information content (AvgIpc) is 2.98. The van der Waals surface area contributed by atoms with Crippen molar-refractivity contribution < 1.29 is 14.3 Å². The molecule has 0 aromatic heterocycles. The Morgan fingerprint density at radius 3 is 2.72 bits per heavy atom. The Balaban J connectivity index is 1.66. The van der Waals surface area contributed by atoms with Gasteiger partial charge in [-0.25, -0.2) is 0 Å². The minimum atomic E-state index is -0.390. The number of nitrogens with zero attached hydrogens (tertiary/aromatic N) is 1. The number of para-hydroxylation sites is 2. The van der Waals surface area contributed by atoms with E-state index in [1.807, 2.05) is 24.3 Å². The number of amides is 2. The Kier molecular flexibility index (Phi) is 5.24. The molecule has 1 fully saturated rings. The van der Waals surface area contributed by atoms with Crippen molar-refractivity contribution in [1.29, 1.82) is 0 Å². The van der Waals surface area contributed by atoms with Gasteiger partial charge in [-0.2, -0.15) is 0 Å². The predicted octanol–water partition coefficient (Wildman–Crippen LogP) is 3.34. The molecule has 0 saturated carbocycles. The maximum absolute atomic E-state index is 12.5. The number of benzene rings is 2. The van der Waals surface area contributed by atoms with Crippen LogP contribution in [0.5, 0.6) is 5.75 Å². The minimum Gasteiger partial charge on any atom is -0.496 e. The van der Waals surface area contributed by atoms with Crippen molar-refractivity contribution in [3.63, 3.8) is 0 Å². The van der Waals surface area contributed by atoms with E-state index in [1.165, 1.54) is 0 Å². The molecule has 0 bridgehead atoms. The van der Waals surface area contributed by atoms with Crippen LogP contribution in [0.15, 0.2) is 48.5 Å². The number of hydrogen-bond donors (Lipinski definition) is 1. The summed E-state index contributed by atoms with van der Waals surface area (Å²) in [6, 6.07) is 14.6. The van der Waals surface area contributed by atoms with Gasteiger partial charge >= 0.3 is 0 Å². The topological polar surface area (TPSA) is 58.6 Å². The molecule has 1 saturated heterocycles. The highest BCUT2D eigenvalue weighted by Gasteiger charge is 2.34. The van der Waals surface area contributed by atoms with Crippen LogP contribution in [0.25, 0.3) is 0 Å². The number of hydrogen-bond acceptors (Lipinski definition) is 3. The number of likely N-dealkylation sites (tertiary alicyclic amines) is 1. The Hall–Kier alpha value is -2.53. The summed E-state index contributed by atoms with van der Waals surface area (Å²) >= 11 is 6.07. The highest BCUT2D eigenvalue weighted by molar-refractivity contribution is 6.33. The van der Waals surface area contributed by atoms with Crippen molar-refractivity contribution in [2.24, 2.45) is 5.92 Å². The van der Waals surface area contributed by atoms with Crippen molar-refractivity contribution in [2.45, 2.75) is 13.0 Å². The monoisotopic (exact) mass is 358 g/mol. The molecule has 0 aliphatic carbocycles. The van der Waals surface area contributed by atoms with Crippen LogP contribution in [0.2, 0.25) is 5.02 Å². The molecule has 1 aliphatic rings. The molecular weight excluding hydrogens is 340 g/mol. The molecule has 5 nitrogen and oxygen atoms in total. The molecule has 25 heavy (non-hydrogen) atoms. The van der Waals surface area contributed by atoms with Crippen LogP contribution in [0.3, 0.4) is 0 Å². The van der Waals surface area contributed by atoms with Gasteiger partial charge in [-0.05, 0) is 18.2 Å². The van der Waals surface area contributed by atoms with E-state index >= 15 is 0 Å². The molecule has 1 atom stereocenters. The second-order valence-corrected chi connectivity index (χ2v) is 6.36. The fourth-order valence-corrected chi connectivity index (χ4v) is 3.12. The Labute approximate surface area is 151 Å². The number of carbonyl (C=O) groups is 2. The third kappa shape index (κ3) is 3.94. The lowest BCUT2D eigenvalue weighted by atomic mass is 10.1. The smallest absolute Gasteiger partial charge is 0.229 e. The molecule has 6 heteroatoms. The first-order chi connectivity index (χ1) is 12.1. The first-order valence-corrected chi connectivity index (χ1v) is 8.41. The average molecular weight is 359 g/mol. The first kappa shape index (κ1) is 17.3. The molecule has 2 aromatic rings. The molecule has 1 N–H and O–H groups in total. The van der Waals surface area contributed by atoms with Crippen LogP contribution < -0.4 is 10.1 Å². The SMILES string of the molecule is COc1ccccc1CN1CC(C(=O)Nc2ccccc2Cl)CC1=O. The third-order valence-electron chi connectivity index (χ3n) is 4.27. The normalized spacial score (nSPS) is 16.8. The highest BCUT2D eigenvalue weighted by Crippen LogP contribution is 2.27. The van der Waals surface area contributed by atoms with Gasteiger partial charge in [0, 0.05) is 25.1 Å². The lowest BCUT2D eigenvalue weighted by molar-refractivity contribution is -0.128. The van der Waals surface area contributed by atoms with Crippen molar-refractivity contribution in [1.82, 2.24) is 4.90 Å². The fraction of sp³-hybridized carbons (Fsp3) is 0.263. The number of rotatable bonds is 5. The van der Waals surface area contributed by atoms with E-state index in [4.69, 9.17) is 16.3 Å². The van der Waals surface area contributed by atoms with Gasteiger partial charge in [0.15, 0.2) is 0 Å². The molecule has 1 unspecified atom stereocenters. The maximum Gasteiger partial charge on any atom is 0.229 e. The molecule has 2 amide bonds. The van der Waals surface area contributed by atoms with Gasteiger partial charge in [-0.15, -0.1) is 0 Å². The Morgan fingerprint density at radius 2 is 1.96 bits per heavy atom. The standard InChI is InChI=1S/C19H19ClN2O3/c1-25-17-9-5-2-6-13(17)11-22-12-14(10-18(22)23)19(24)21-16-8-4-3-7-15(16)20/h2-9,14H,10-12H2,1H3,(H,21,24). The summed E-state index contributed by atoms with van der Waals surface area (Å²) in [7, 11) is 1.60. The zero-order valence-electron chi connectivity index (χ0n) is 13.9. The lowest BCUT2D eigenvalue weighted by Gasteiger charge is -2.18. The molecule has 1 heterocycles. The summed E-state index contributed by atoms with van der Waals surface area (Å²) < 4.78 is 5.33. The van der Waals surface area contributed by atoms with Crippen LogP contribution in [0.1, 0.15) is 12.0 Å². The minimum absolute atomic E-state index is 0.0368. The lowest BCUT2D eigenvalue weighted by Crippen LogP contribution is -2.28. The van der Waals surface area contributed by atoms with Crippen LogP contribution in [0, 0.1) is 5.92 Å². The van der Waals surface area contributed by atoms with E-state index in [0.717, 1.165) is 11.3 Å². The number of methoxy groups -OCH3 is 1. The molecule has 2 aromatic carbocycles. The number of nitrogens with one attached hydrogen (secondary N) is 1. The van der Waals surface area contributed by atoms with E-state index in [-0.39, 0.29) is 18.2 Å². The second-order valence-electron chi connectivity index (χ2n) is 5.96. The quantitative estimate of drug-likeness (QED) is 0.891. The molecule has 130 valence electrons. The Bertz CT molecular complexity index is 794. The largest absolute Gasteiger partial charge is 0.496 e. The van der Waals surface area contributed by atoms with Crippen molar-refractivity contribution in [3.8, 4) is 5.75 Å². The van der Waals surface area contributed by atoms with Gasteiger partial charge in [0.25, 0.3) is 0 Å².